The molecule has 0 radical (unpaired) electrons. The molecular weight excluding hydrogens is 230 g/mol. The maximum absolute atomic E-state index is 5.30. The van der Waals surface area contributed by atoms with Gasteiger partial charge >= 0.3 is 0 Å². The van der Waals surface area contributed by atoms with Gasteiger partial charge in [0.15, 0.2) is 0 Å². The van der Waals surface area contributed by atoms with Crippen molar-refractivity contribution in [3.63, 3.8) is 0 Å². The Kier molecular flexibility index (Phi) is 3.94. The molecule has 0 unspecified atom stereocenters. The van der Waals surface area contributed by atoms with E-state index in [0.29, 0.717) is 18.3 Å². The number of ether oxygens (including phenoxy) is 1. The molecule has 1 atom stereocenters. The maximum Gasteiger partial charge on any atom is 0.230 e. The number of hydrogen-bond acceptors (Lipinski definition) is 5. The number of aryl methyl sites for hydroxylation is 1. The van der Waals surface area contributed by atoms with Gasteiger partial charge in [-0.3, -0.25) is 0 Å². The van der Waals surface area contributed by atoms with Crippen molar-refractivity contribution in [2.75, 3.05) is 7.11 Å². The summed E-state index contributed by atoms with van der Waals surface area (Å²) in [6.45, 7) is 4.43. The average molecular weight is 247 g/mol. The molecule has 1 aromatic carbocycles. The molecule has 2 rings (SSSR count). The lowest BCUT2D eigenvalue weighted by Gasteiger charge is -2.13. The third kappa shape index (κ3) is 3.07. The average Bonchev–Trinajstić information content (AvgIpc) is 2.82. The molecule has 96 valence electrons. The molecule has 2 aromatic rings. The van der Waals surface area contributed by atoms with E-state index in [1.54, 1.807) is 14.0 Å². The van der Waals surface area contributed by atoms with Gasteiger partial charge in [0.25, 0.3) is 0 Å². The summed E-state index contributed by atoms with van der Waals surface area (Å²) in [6, 6.07) is 8.18. The van der Waals surface area contributed by atoms with E-state index in [0.717, 1.165) is 5.75 Å². The number of benzene rings is 1. The second kappa shape index (κ2) is 5.64. The topological polar surface area (TPSA) is 60.2 Å². The molecule has 1 heterocycles. The Morgan fingerprint density at radius 2 is 2.00 bits per heavy atom. The number of nitrogens with one attached hydrogen (secondary N) is 1. The summed E-state index contributed by atoms with van der Waals surface area (Å²) < 4.78 is 10.4. The smallest absolute Gasteiger partial charge is 0.230 e. The summed E-state index contributed by atoms with van der Waals surface area (Å²) in [7, 11) is 1.66. The molecule has 0 spiro atoms. The molecular formula is C13H17N3O2. The third-order valence-electron chi connectivity index (χ3n) is 2.74. The molecule has 0 bridgehead atoms. The van der Waals surface area contributed by atoms with Gasteiger partial charge in [0, 0.05) is 13.0 Å². The fraction of sp³-hybridized carbons (Fsp3) is 0.385. The van der Waals surface area contributed by atoms with Crippen molar-refractivity contribution in [1.29, 1.82) is 0 Å². The zero-order valence-corrected chi connectivity index (χ0v) is 10.8. The Bertz CT molecular complexity index is 493. The zero-order valence-electron chi connectivity index (χ0n) is 10.8. The second-order valence-electron chi connectivity index (χ2n) is 4.09. The molecule has 0 saturated carbocycles. The lowest BCUT2D eigenvalue weighted by Crippen LogP contribution is -2.18. The lowest BCUT2D eigenvalue weighted by molar-refractivity contribution is 0.413. The predicted octanol–water partition coefficient (Wildman–Crippen LogP) is 2.24. The fourth-order valence-electron chi connectivity index (χ4n) is 1.66. The highest BCUT2D eigenvalue weighted by Gasteiger charge is 2.07. The minimum atomic E-state index is 0.211. The van der Waals surface area contributed by atoms with Crippen LogP contribution in [-0.2, 0) is 6.54 Å². The van der Waals surface area contributed by atoms with Gasteiger partial charge in [-0.1, -0.05) is 12.1 Å². The molecule has 0 aliphatic heterocycles. The van der Waals surface area contributed by atoms with E-state index in [1.165, 1.54) is 5.56 Å². The van der Waals surface area contributed by atoms with Gasteiger partial charge in [-0.2, -0.15) is 0 Å². The van der Waals surface area contributed by atoms with Gasteiger partial charge in [-0.05, 0) is 24.6 Å². The number of methoxy groups -OCH3 is 1. The van der Waals surface area contributed by atoms with Crippen molar-refractivity contribution < 1.29 is 9.15 Å². The Labute approximate surface area is 106 Å². The first-order chi connectivity index (χ1) is 8.69. The highest BCUT2D eigenvalue weighted by atomic mass is 16.5. The van der Waals surface area contributed by atoms with Crippen molar-refractivity contribution in [3.8, 4) is 5.75 Å². The van der Waals surface area contributed by atoms with Crippen molar-refractivity contribution in [2.24, 2.45) is 0 Å². The molecule has 0 amide bonds. The van der Waals surface area contributed by atoms with Gasteiger partial charge in [0.2, 0.25) is 11.8 Å². The van der Waals surface area contributed by atoms with E-state index >= 15 is 0 Å². The number of nitrogens with zero attached hydrogens (tertiary/aromatic N) is 2. The second-order valence-corrected chi connectivity index (χ2v) is 4.09. The van der Waals surface area contributed by atoms with E-state index in [9.17, 15) is 0 Å². The molecule has 1 aromatic heterocycles. The van der Waals surface area contributed by atoms with E-state index < -0.39 is 0 Å². The van der Waals surface area contributed by atoms with Gasteiger partial charge in [0.05, 0.1) is 13.7 Å². The first kappa shape index (κ1) is 12.6. The van der Waals surface area contributed by atoms with Gasteiger partial charge in [-0.15, -0.1) is 10.2 Å². The van der Waals surface area contributed by atoms with Crippen molar-refractivity contribution in [1.82, 2.24) is 15.5 Å². The molecule has 18 heavy (non-hydrogen) atoms. The van der Waals surface area contributed by atoms with E-state index in [1.807, 2.05) is 24.3 Å². The van der Waals surface area contributed by atoms with Crippen LogP contribution in [0.4, 0.5) is 0 Å². The predicted molar refractivity (Wildman–Crippen MR) is 67.3 cm³/mol. The summed E-state index contributed by atoms with van der Waals surface area (Å²) in [5.41, 5.74) is 1.19. The van der Waals surface area contributed by atoms with Crippen LogP contribution in [0.3, 0.4) is 0 Å². The third-order valence-corrected chi connectivity index (χ3v) is 2.74. The quantitative estimate of drug-likeness (QED) is 0.878. The standard InChI is InChI=1S/C13H17N3O2/c1-9(11-4-6-12(17-3)7-5-11)14-8-13-16-15-10(2)18-13/h4-7,9,14H,8H2,1-3H3/t9-/m0/s1. The maximum atomic E-state index is 5.30. The van der Waals surface area contributed by atoms with Crippen LogP contribution in [-0.4, -0.2) is 17.3 Å². The van der Waals surface area contributed by atoms with Gasteiger partial charge in [-0.25, -0.2) is 0 Å². The largest absolute Gasteiger partial charge is 0.497 e. The summed E-state index contributed by atoms with van der Waals surface area (Å²) in [5, 5.41) is 11.1. The van der Waals surface area contributed by atoms with E-state index in [2.05, 4.69) is 22.4 Å². The van der Waals surface area contributed by atoms with E-state index in [-0.39, 0.29) is 6.04 Å². The highest BCUT2D eigenvalue weighted by molar-refractivity contribution is 5.28. The van der Waals surface area contributed by atoms with Crippen molar-refractivity contribution in [3.05, 3.63) is 41.6 Å². The Balaban J connectivity index is 1.92. The molecule has 1 N–H and O–H groups in total. The van der Waals surface area contributed by atoms with Gasteiger partial charge < -0.3 is 14.5 Å². The first-order valence-corrected chi connectivity index (χ1v) is 5.85. The van der Waals surface area contributed by atoms with Crippen LogP contribution in [0.1, 0.15) is 30.3 Å². The minimum Gasteiger partial charge on any atom is -0.497 e. The van der Waals surface area contributed by atoms with Crippen LogP contribution in [0.15, 0.2) is 28.7 Å². The normalized spacial score (nSPS) is 12.4. The Morgan fingerprint density at radius 3 is 2.56 bits per heavy atom. The Hall–Kier alpha value is -1.88. The Morgan fingerprint density at radius 1 is 1.28 bits per heavy atom. The number of hydrogen-bond donors (Lipinski definition) is 1. The molecule has 0 aliphatic rings. The number of rotatable bonds is 5. The molecule has 5 heteroatoms. The zero-order chi connectivity index (χ0) is 13.0. The molecule has 5 nitrogen and oxygen atoms in total. The van der Waals surface area contributed by atoms with E-state index in [4.69, 9.17) is 9.15 Å². The molecule has 0 saturated heterocycles. The molecule has 0 fully saturated rings. The van der Waals surface area contributed by atoms with Crippen LogP contribution in [0, 0.1) is 6.92 Å². The number of aromatic nitrogens is 2. The fourth-order valence-corrected chi connectivity index (χ4v) is 1.66. The monoisotopic (exact) mass is 247 g/mol. The van der Waals surface area contributed by atoms with Crippen LogP contribution in [0.5, 0.6) is 5.75 Å². The highest BCUT2D eigenvalue weighted by Crippen LogP contribution is 2.17. The van der Waals surface area contributed by atoms with Crippen molar-refractivity contribution in [2.45, 2.75) is 26.4 Å². The van der Waals surface area contributed by atoms with Crippen LogP contribution in [0.25, 0.3) is 0 Å². The summed E-state index contributed by atoms with van der Waals surface area (Å²) >= 11 is 0. The van der Waals surface area contributed by atoms with Crippen LogP contribution >= 0.6 is 0 Å². The van der Waals surface area contributed by atoms with Crippen LogP contribution in [0.2, 0.25) is 0 Å². The minimum absolute atomic E-state index is 0.211. The van der Waals surface area contributed by atoms with Crippen molar-refractivity contribution >= 4 is 0 Å². The lowest BCUT2D eigenvalue weighted by atomic mass is 10.1. The first-order valence-electron chi connectivity index (χ1n) is 5.85. The summed E-state index contributed by atoms with van der Waals surface area (Å²) in [6.07, 6.45) is 0. The molecule has 0 aliphatic carbocycles. The van der Waals surface area contributed by atoms with Crippen LogP contribution < -0.4 is 10.1 Å². The summed E-state index contributed by atoms with van der Waals surface area (Å²) in [4.78, 5) is 0. The SMILES string of the molecule is COc1ccc([C@H](C)NCc2nnc(C)o2)cc1. The summed E-state index contributed by atoms with van der Waals surface area (Å²) in [5.74, 6) is 2.05. The van der Waals surface area contributed by atoms with Gasteiger partial charge in [0.1, 0.15) is 5.75 Å².